The van der Waals surface area contributed by atoms with Crippen molar-refractivity contribution in [2.24, 2.45) is 17.2 Å². The zero-order valence-electron chi connectivity index (χ0n) is 23.9. The smallest absolute Gasteiger partial charge is 0.354 e. The minimum atomic E-state index is -0.526. The second kappa shape index (κ2) is 13.9. The summed E-state index contributed by atoms with van der Waals surface area (Å²) in [6.07, 6.45) is 4.86. The number of aryl methyl sites for hydroxylation is 1. The van der Waals surface area contributed by atoms with Crippen molar-refractivity contribution in [3.05, 3.63) is 81.1 Å². The van der Waals surface area contributed by atoms with Crippen molar-refractivity contribution in [2.45, 2.75) is 64.2 Å². The number of hydrogen-bond donors (Lipinski definition) is 7. The lowest BCUT2D eigenvalue weighted by Crippen LogP contribution is -2.46. The van der Waals surface area contributed by atoms with Gasteiger partial charge in [0.05, 0.1) is 16.4 Å². The molecule has 0 spiro atoms. The highest BCUT2D eigenvalue weighted by Gasteiger charge is 2.16. The number of fused-ring (bicyclic) bond motifs is 1. The average molecular weight is 596 g/mol. The van der Waals surface area contributed by atoms with E-state index in [1.54, 1.807) is 24.4 Å². The number of guanidine groups is 1. The topological polar surface area (TPSA) is 177 Å². The fourth-order valence-corrected chi connectivity index (χ4v) is 5.19. The SMILES string of the molecule is C[C@H](N)CCCc1cc(Cl)c(F)c(-c2cc3cn(-c4ccc(CN[C@H](C)C[C@H](CN)NC(=N)N)cc4)c(=O)nc3[nH]2)c1. The summed E-state index contributed by atoms with van der Waals surface area (Å²) in [6.45, 7) is 4.99. The highest BCUT2D eigenvalue weighted by atomic mass is 35.5. The van der Waals surface area contributed by atoms with Gasteiger partial charge in [0.1, 0.15) is 5.65 Å². The summed E-state index contributed by atoms with van der Waals surface area (Å²) in [6, 6.07) is 12.9. The molecule has 2 aromatic carbocycles. The Hall–Kier alpha value is -3.77. The van der Waals surface area contributed by atoms with Crippen LogP contribution in [0.3, 0.4) is 0 Å². The lowest BCUT2D eigenvalue weighted by Gasteiger charge is -2.22. The number of halogens is 2. The van der Waals surface area contributed by atoms with Crippen LogP contribution in [0.4, 0.5) is 4.39 Å². The molecule has 0 fully saturated rings. The molecule has 0 aliphatic heterocycles. The normalized spacial score (nSPS) is 13.7. The fraction of sp³-hybridized carbons (Fsp3) is 0.367. The van der Waals surface area contributed by atoms with Crippen molar-refractivity contribution in [1.82, 2.24) is 25.2 Å². The van der Waals surface area contributed by atoms with Gasteiger partial charge in [-0.2, -0.15) is 4.98 Å². The molecule has 224 valence electrons. The third kappa shape index (κ3) is 7.95. The average Bonchev–Trinajstić information content (AvgIpc) is 3.35. The molecule has 0 unspecified atom stereocenters. The lowest BCUT2D eigenvalue weighted by atomic mass is 10.0. The van der Waals surface area contributed by atoms with E-state index in [0.29, 0.717) is 47.5 Å². The van der Waals surface area contributed by atoms with Gasteiger partial charge in [-0.1, -0.05) is 23.7 Å². The highest BCUT2D eigenvalue weighted by molar-refractivity contribution is 6.31. The molecule has 0 aliphatic carbocycles. The molecule has 2 heterocycles. The van der Waals surface area contributed by atoms with Gasteiger partial charge in [-0.3, -0.25) is 9.98 Å². The molecule has 10 N–H and O–H groups in total. The summed E-state index contributed by atoms with van der Waals surface area (Å²) in [5.41, 5.74) is 20.4. The molecule has 0 aliphatic rings. The summed E-state index contributed by atoms with van der Waals surface area (Å²) < 4.78 is 16.5. The van der Waals surface area contributed by atoms with Crippen LogP contribution in [0.15, 0.2) is 53.5 Å². The number of H-pyrrole nitrogens is 1. The largest absolute Gasteiger partial charge is 0.370 e. The highest BCUT2D eigenvalue weighted by Crippen LogP contribution is 2.31. The van der Waals surface area contributed by atoms with Crippen LogP contribution in [0.5, 0.6) is 0 Å². The minimum absolute atomic E-state index is 0.0467. The summed E-state index contributed by atoms with van der Waals surface area (Å²) in [4.78, 5) is 20.2. The van der Waals surface area contributed by atoms with Gasteiger partial charge >= 0.3 is 5.69 Å². The predicted octanol–water partition coefficient (Wildman–Crippen LogP) is 3.52. The zero-order chi connectivity index (χ0) is 30.4. The molecule has 2 aromatic heterocycles. The zero-order valence-corrected chi connectivity index (χ0v) is 24.6. The maximum absolute atomic E-state index is 15.1. The van der Waals surface area contributed by atoms with E-state index in [-0.39, 0.29) is 29.1 Å². The predicted molar refractivity (Wildman–Crippen MR) is 167 cm³/mol. The van der Waals surface area contributed by atoms with Crippen LogP contribution in [0.1, 0.15) is 44.2 Å². The third-order valence-corrected chi connectivity index (χ3v) is 7.44. The Bertz CT molecular complexity index is 1580. The maximum atomic E-state index is 15.1. The Balaban J connectivity index is 1.50. The van der Waals surface area contributed by atoms with Crippen molar-refractivity contribution in [2.75, 3.05) is 6.54 Å². The number of aromatic nitrogens is 3. The summed E-state index contributed by atoms with van der Waals surface area (Å²) >= 11 is 6.23. The van der Waals surface area contributed by atoms with E-state index in [4.69, 9.17) is 34.2 Å². The van der Waals surface area contributed by atoms with E-state index in [1.807, 2.05) is 38.1 Å². The van der Waals surface area contributed by atoms with Crippen molar-refractivity contribution in [1.29, 1.82) is 5.41 Å². The molecule has 10 nitrogen and oxygen atoms in total. The molecule has 0 saturated heterocycles. The van der Waals surface area contributed by atoms with Crippen molar-refractivity contribution >= 4 is 28.6 Å². The molecule has 0 bridgehead atoms. The molecule has 0 amide bonds. The van der Waals surface area contributed by atoms with E-state index >= 15 is 4.39 Å². The van der Waals surface area contributed by atoms with Crippen molar-refractivity contribution in [3.8, 4) is 16.9 Å². The van der Waals surface area contributed by atoms with Gasteiger partial charge in [-0.05, 0) is 81.0 Å². The number of rotatable bonds is 13. The van der Waals surface area contributed by atoms with E-state index in [9.17, 15) is 4.79 Å². The van der Waals surface area contributed by atoms with Gasteiger partial charge in [0.2, 0.25) is 0 Å². The van der Waals surface area contributed by atoms with Gasteiger partial charge in [0.25, 0.3) is 0 Å². The monoisotopic (exact) mass is 595 g/mol. The van der Waals surface area contributed by atoms with Crippen LogP contribution in [0.25, 0.3) is 28.0 Å². The summed E-state index contributed by atoms with van der Waals surface area (Å²) in [5, 5.41) is 14.4. The van der Waals surface area contributed by atoms with E-state index in [1.165, 1.54) is 4.57 Å². The number of benzene rings is 2. The molecule has 12 heteroatoms. The third-order valence-electron chi connectivity index (χ3n) is 7.16. The second-order valence-electron chi connectivity index (χ2n) is 10.9. The van der Waals surface area contributed by atoms with Gasteiger partial charge < -0.3 is 32.8 Å². The molecule has 4 rings (SSSR count). The van der Waals surface area contributed by atoms with E-state index in [0.717, 1.165) is 30.4 Å². The van der Waals surface area contributed by atoms with Crippen LogP contribution >= 0.6 is 11.6 Å². The Morgan fingerprint density at radius 3 is 2.60 bits per heavy atom. The molecule has 3 atom stereocenters. The number of nitrogens with one attached hydrogen (secondary N) is 4. The van der Waals surface area contributed by atoms with Gasteiger partial charge in [0.15, 0.2) is 11.8 Å². The molecular formula is C30H39ClFN9O. The summed E-state index contributed by atoms with van der Waals surface area (Å²) in [5.74, 6) is -0.622. The van der Waals surface area contributed by atoms with Crippen LogP contribution in [-0.4, -0.2) is 45.2 Å². The summed E-state index contributed by atoms with van der Waals surface area (Å²) in [7, 11) is 0. The van der Waals surface area contributed by atoms with Crippen LogP contribution < -0.4 is 33.5 Å². The Morgan fingerprint density at radius 2 is 1.93 bits per heavy atom. The maximum Gasteiger partial charge on any atom is 0.354 e. The standard InChI is InChI=1S/C30H39ClFN9O/c1-17(34)4-3-5-20-11-24(27(32)25(31)12-20)26-13-21-16-41(30(42)40-28(21)39-26)23-8-6-19(7-9-23)15-37-18(2)10-22(14-33)38-29(35)36/h6-9,11-13,16-18,22,37H,3-5,10,14-15,33-34H2,1-2H3,(H4,35,36,38)(H,39,40,42)/t17-,18+,22+/m0/s1. The first kappa shape index (κ1) is 31.2. The number of hydrogen-bond acceptors (Lipinski definition) is 6. The number of nitrogens with zero attached hydrogens (tertiary/aromatic N) is 2. The van der Waals surface area contributed by atoms with Gasteiger partial charge in [-0.25, -0.2) is 9.18 Å². The van der Waals surface area contributed by atoms with Gasteiger partial charge in [0, 0.05) is 48.4 Å². The Labute approximate surface area is 249 Å². The molecule has 42 heavy (non-hydrogen) atoms. The van der Waals surface area contributed by atoms with Crippen LogP contribution in [0, 0.1) is 11.2 Å². The van der Waals surface area contributed by atoms with Crippen molar-refractivity contribution < 1.29 is 4.39 Å². The van der Waals surface area contributed by atoms with Crippen LogP contribution in [-0.2, 0) is 13.0 Å². The minimum Gasteiger partial charge on any atom is -0.370 e. The second-order valence-corrected chi connectivity index (χ2v) is 11.3. The number of nitrogens with two attached hydrogens (primary N) is 3. The van der Waals surface area contributed by atoms with Crippen molar-refractivity contribution in [3.63, 3.8) is 0 Å². The fourth-order valence-electron chi connectivity index (χ4n) is 4.95. The molecule has 0 saturated carbocycles. The van der Waals surface area contributed by atoms with E-state index in [2.05, 4.69) is 20.6 Å². The first-order valence-electron chi connectivity index (χ1n) is 14.0. The Morgan fingerprint density at radius 1 is 1.19 bits per heavy atom. The first-order valence-corrected chi connectivity index (χ1v) is 14.4. The van der Waals surface area contributed by atoms with Crippen LogP contribution in [0.2, 0.25) is 5.02 Å². The lowest BCUT2D eigenvalue weighted by molar-refractivity contribution is 0.444. The number of aromatic amines is 1. The quantitative estimate of drug-likeness (QED) is 0.0913. The van der Waals surface area contributed by atoms with E-state index < -0.39 is 11.5 Å². The molecule has 4 aromatic rings. The van der Waals surface area contributed by atoms with Gasteiger partial charge in [-0.15, -0.1) is 0 Å². The Kier molecular flexibility index (Phi) is 10.3. The molecule has 0 radical (unpaired) electrons. The molecular weight excluding hydrogens is 557 g/mol. The first-order chi connectivity index (χ1) is 20.0.